The fourth-order valence-corrected chi connectivity index (χ4v) is 5.74. The zero-order valence-electron chi connectivity index (χ0n) is 20.7. The largest absolute Gasteiger partial charge is 0.416 e. The molecule has 2 aliphatic heterocycles. The molecule has 2 aliphatic rings. The maximum absolute atomic E-state index is 13.8. The van der Waals surface area contributed by atoms with Gasteiger partial charge in [-0.1, -0.05) is 42.5 Å². The van der Waals surface area contributed by atoms with Crippen molar-refractivity contribution in [2.45, 2.75) is 24.7 Å². The van der Waals surface area contributed by atoms with Gasteiger partial charge in [-0.2, -0.15) is 13.2 Å². The summed E-state index contributed by atoms with van der Waals surface area (Å²) in [5, 5.41) is 8.53. The van der Waals surface area contributed by atoms with E-state index < -0.39 is 23.1 Å². The molecule has 38 heavy (non-hydrogen) atoms. The van der Waals surface area contributed by atoms with E-state index >= 15 is 0 Å². The van der Waals surface area contributed by atoms with Crippen molar-refractivity contribution in [3.8, 4) is 0 Å². The van der Waals surface area contributed by atoms with E-state index in [-0.39, 0.29) is 23.2 Å². The first-order valence-corrected chi connectivity index (χ1v) is 12.2. The molecule has 1 fully saturated rings. The third-order valence-corrected chi connectivity index (χ3v) is 7.49. The number of halogens is 3. The van der Waals surface area contributed by atoms with Gasteiger partial charge in [-0.3, -0.25) is 9.69 Å². The quantitative estimate of drug-likeness (QED) is 0.376. The van der Waals surface area contributed by atoms with Crippen LogP contribution >= 0.6 is 0 Å². The van der Waals surface area contributed by atoms with E-state index in [0.717, 1.165) is 24.0 Å². The minimum Gasteiger partial charge on any atom is -0.320 e. The SMILES string of the molecule is [CH2]c1cc2c(c(C(F)(F)F)c1)CN(c1cccc(C3(c4nncn4C)CN(Cc4ccccc4)C3)c1)C2=O. The minimum atomic E-state index is -4.57. The standard InChI is InChI=1S/C29H25F3N5O/c1-19-11-23-24(25(12-19)29(30,31)32)15-37(26(23)38)22-10-6-9-21(13-22)28(27-34-33-18-35(27)2)16-36(17-28)14-20-7-4-3-5-8-20/h3-13,18H,1,14-17H2,2H3. The Morgan fingerprint density at radius 2 is 1.79 bits per heavy atom. The average molecular weight is 517 g/mol. The third kappa shape index (κ3) is 3.98. The fourth-order valence-electron chi connectivity index (χ4n) is 5.74. The first kappa shape index (κ1) is 24.4. The summed E-state index contributed by atoms with van der Waals surface area (Å²) in [6, 6.07) is 20.1. The number of aromatic nitrogens is 3. The lowest BCUT2D eigenvalue weighted by Gasteiger charge is -2.50. The zero-order chi connectivity index (χ0) is 26.7. The molecule has 3 heterocycles. The van der Waals surface area contributed by atoms with Crippen LogP contribution in [0.5, 0.6) is 0 Å². The number of fused-ring (bicyclic) bond motifs is 1. The van der Waals surface area contributed by atoms with Gasteiger partial charge in [0.05, 0.1) is 17.5 Å². The molecule has 193 valence electrons. The van der Waals surface area contributed by atoms with E-state index in [9.17, 15) is 18.0 Å². The lowest BCUT2D eigenvalue weighted by atomic mass is 9.72. The molecule has 0 aliphatic carbocycles. The molecule has 1 aromatic heterocycles. The Morgan fingerprint density at radius 1 is 1.03 bits per heavy atom. The monoisotopic (exact) mass is 516 g/mol. The van der Waals surface area contributed by atoms with E-state index in [1.807, 2.05) is 48.0 Å². The Bertz CT molecular complexity index is 1520. The second kappa shape index (κ2) is 8.80. The summed E-state index contributed by atoms with van der Waals surface area (Å²) >= 11 is 0. The molecule has 6 nitrogen and oxygen atoms in total. The number of alkyl halides is 3. The number of carbonyl (C=O) groups excluding carboxylic acids is 1. The third-order valence-electron chi connectivity index (χ3n) is 7.49. The zero-order valence-corrected chi connectivity index (χ0v) is 20.7. The van der Waals surface area contributed by atoms with Crippen molar-refractivity contribution in [1.29, 1.82) is 0 Å². The van der Waals surface area contributed by atoms with Crippen LogP contribution in [0.25, 0.3) is 0 Å². The van der Waals surface area contributed by atoms with Crippen LogP contribution < -0.4 is 4.90 Å². The van der Waals surface area contributed by atoms with E-state index in [1.54, 1.807) is 12.4 Å². The first-order valence-electron chi connectivity index (χ1n) is 12.2. The molecule has 0 N–H and O–H groups in total. The molecule has 0 unspecified atom stereocenters. The lowest BCUT2D eigenvalue weighted by Crippen LogP contribution is -2.60. The number of nitrogens with zero attached hydrogens (tertiary/aromatic N) is 5. The lowest BCUT2D eigenvalue weighted by molar-refractivity contribution is -0.138. The van der Waals surface area contributed by atoms with Crippen molar-refractivity contribution >= 4 is 11.6 Å². The van der Waals surface area contributed by atoms with Crippen molar-refractivity contribution in [3.63, 3.8) is 0 Å². The van der Waals surface area contributed by atoms with Gasteiger partial charge in [0, 0.05) is 37.9 Å². The van der Waals surface area contributed by atoms with Crippen LogP contribution in [0.2, 0.25) is 0 Å². The Balaban J connectivity index is 1.34. The van der Waals surface area contributed by atoms with Crippen molar-refractivity contribution in [1.82, 2.24) is 19.7 Å². The topological polar surface area (TPSA) is 54.3 Å². The molecule has 0 spiro atoms. The molecule has 0 atom stereocenters. The molecular formula is C29H25F3N5O. The molecule has 1 saturated heterocycles. The summed E-state index contributed by atoms with van der Waals surface area (Å²) in [6.45, 7) is 5.67. The molecular weight excluding hydrogens is 491 g/mol. The number of likely N-dealkylation sites (tertiary alicyclic amines) is 1. The maximum atomic E-state index is 13.8. The summed E-state index contributed by atoms with van der Waals surface area (Å²) in [5.74, 6) is 0.344. The van der Waals surface area contributed by atoms with Gasteiger partial charge in [-0.05, 0) is 53.4 Å². The predicted octanol–water partition coefficient (Wildman–Crippen LogP) is 4.98. The summed E-state index contributed by atoms with van der Waals surface area (Å²) < 4.78 is 43.2. The molecule has 1 amide bonds. The summed E-state index contributed by atoms with van der Waals surface area (Å²) in [4.78, 5) is 17.0. The smallest absolute Gasteiger partial charge is 0.320 e. The van der Waals surface area contributed by atoms with Gasteiger partial charge in [0.1, 0.15) is 12.2 Å². The van der Waals surface area contributed by atoms with Crippen LogP contribution in [0, 0.1) is 6.92 Å². The van der Waals surface area contributed by atoms with Crippen LogP contribution in [-0.4, -0.2) is 38.7 Å². The number of aryl methyl sites for hydroxylation is 1. The van der Waals surface area contributed by atoms with Gasteiger partial charge in [0.15, 0.2) is 0 Å². The number of anilines is 1. The summed E-state index contributed by atoms with van der Waals surface area (Å²) in [5.41, 5.74) is 1.62. The number of amides is 1. The maximum Gasteiger partial charge on any atom is 0.416 e. The van der Waals surface area contributed by atoms with Crippen LogP contribution in [0.3, 0.4) is 0 Å². The predicted molar refractivity (Wildman–Crippen MR) is 136 cm³/mol. The van der Waals surface area contributed by atoms with Crippen molar-refractivity contribution in [2.24, 2.45) is 7.05 Å². The Kier molecular flexibility index (Phi) is 5.64. The van der Waals surface area contributed by atoms with Crippen molar-refractivity contribution in [2.75, 3.05) is 18.0 Å². The molecule has 0 bridgehead atoms. The van der Waals surface area contributed by atoms with E-state index in [0.29, 0.717) is 18.8 Å². The van der Waals surface area contributed by atoms with Crippen LogP contribution in [-0.2, 0) is 31.7 Å². The van der Waals surface area contributed by atoms with Gasteiger partial charge in [0.2, 0.25) is 0 Å². The van der Waals surface area contributed by atoms with Gasteiger partial charge in [-0.15, -0.1) is 10.2 Å². The summed E-state index contributed by atoms with van der Waals surface area (Å²) in [6.07, 6.45) is -2.91. The van der Waals surface area contributed by atoms with Crippen LogP contribution in [0.15, 0.2) is 73.1 Å². The highest BCUT2D eigenvalue weighted by Crippen LogP contribution is 2.43. The molecule has 1 radical (unpaired) electrons. The van der Waals surface area contributed by atoms with Gasteiger partial charge < -0.3 is 9.47 Å². The average Bonchev–Trinajstić information content (AvgIpc) is 3.44. The summed E-state index contributed by atoms with van der Waals surface area (Å²) in [7, 11) is 1.90. The second-order valence-electron chi connectivity index (χ2n) is 10.1. The number of benzene rings is 3. The second-order valence-corrected chi connectivity index (χ2v) is 10.1. The first-order chi connectivity index (χ1) is 18.2. The van der Waals surface area contributed by atoms with Gasteiger partial charge in [0.25, 0.3) is 5.91 Å². The van der Waals surface area contributed by atoms with Crippen LogP contribution in [0.4, 0.5) is 18.9 Å². The molecule has 6 rings (SSSR count). The molecule has 4 aromatic rings. The van der Waals surface area contributed by atoms with Gasteiger partial charge >= 0.3 is 6.18 Å². The normalized spacial score (nSPS) is 17.0. The van der Waals surface area contributed by atoms with E-state index in [2.05, 4.69) is 34.2 Å². The minimum absolute atomic E-state index is 0.0130. The number of rotatable bonds is 5. The number of carbonyl (C=O) groups is 1. The van der Waals surface area contributed by atoms with Gasteiger partial charge in [-0.25, -0.2) is 0 Å². The fraction of sp³-hybridized carbons (Fsp3) is 0.241. The number of hydrogen-bond acceptors (Lipinski definition) is 4. The van der Waals surface area contributed by atoms with Crippen molar-refractivity contribution in [3.05, 3.63) is 119 Å². The Morgan fingerprint density at radius 3 is 2.47 bits per heavy atom. The highest BCUT2D eigenvalue weighted by atomic mass is 19.4. The highest BCUT2D eigenvalue weighted by Gasteiger charge is 2.49. The molecule has 9 heteroatoms. The van der Waals surface area contributed by atoms with Crippen molar-refractivity contribution < 1.29 is 18.0 Å². The Hall–Kier alpha value is -3.98. The molecule has 3 aromatic carbocycles. The van der Waals surface area contributed by atoms with Crippen LogP contribution in [0.1, 0.15) is 44.0 Å². The van der Waals surface area contributed by atoms with E-state index in [4.69, 9.17) is 0 Å². The highest BCUT2D eigenvalue weighted by molar-refractivity contribution is 6.10. The Labute approximate surface area is 218 Å². The number of hydrogen-bond donors (Lipinski definition) is 0. The molecule has 0 saturated carbocycles. The van der Waals surface area contributed by atoms with E-state index in [1.165, 1.54) is 16.5 Å².